The average Bonchev–Trinajstić information content (AvgIpc) is 3.43. The first-order chi connectivity index (χ1) is 17.7. The molecule has 10 heteroatoms. The zero-order chi connectivity index (χ0) is 26.2. The number of hydrogen-bond acceptors (Lipinski definition) is 7. The number of anilines is 1. The number of aliphatic hydroxyl groups is 1. The van der Waals surface area contributed by atoms with Gasteiger partial charge in [0.25, 0.3) is 0 Å². The van der Waals surface area contributed by atoms with E-state index in [0.717, 1.165) is 35.6 Å². The predicted octanol–water partition coefficient (Wildman–Crippen LogP) is 1.88. The van der Waals surface area contributed by atoms with Crippen molar-refractivity contribution in [3.8, 4) is 0 Å². The van der Waals surface area contributed by atoms with Crippen molar-refractivity contribution in [3.05, 3.63) is 71.1 Å². The minimum Gasteiger partial charge on any atom is -0.390 e. The maximum Gasteiger partial charge on any atom is 0.241 e. The first kappa shape index (κ1) is 25.4. The largest absolute Gasteiger partial charge is 0.390 e. The molecule has 0 saturated carbocycles. The third kappa shape index (κ3) is 5.56. The molecule has 0 bridgehead atoms. The Kier molecular flexibility index (Phi) is 7.06. The molecule has 2 aliphatic heterocycles. The fourth-order valence-corrected chi connectivity index (χ4v) is 5.32. The van der Waals surface area contributed by atoms with Crippen LogP contribution in [-0.4, -0.2) is 74.2 Å². The SMILES string of the molecule is C[C@@H]1CN(CC(=O)N2CC(C)(C)c3ncc(Cc4ccc(F)cc4)cc32)[C@@H](Cn2cc(CO)nn2)CN1. The lowest BCUT2D eigenvalue weighted by molar-refractivity contribution is -0.120. The molecule has 0 radical (unpaired) electrons. The van der Waals surface area contributed by atoms with Gasteiger partial charge in [0.2, 0.25) is 5.91 Å². The van der Waals surface area contributed by atoms with Gasteiger partial charge in [-0.1, -0.05) is 31.2 Å². The maximum atomic E-state index is 13.8. The molecule has 1 aromatic carbocycles. The second kappa shape index (κ2) is 10.3. The highest BCUT2D eigenvalue weighted by molar-refractivity contribution is 5.97. The Morgan fingerprint density at radius 3 is 2.76 bits per heavy atom. The third-order valence-electron chi connectivity index (χ3n) is 7.24. The van der Waals surface area contributed by atoms with Crippen LogP contribution >= 0.6 is 0 Å². The molecule has 9 nitrogen and oxygen atoms in total. The van der Waals surface area contributed by atoms with Crippen molar-refractivity contribution in [3.63, 3.8) is 0 Å². The zero-order valence-electron chi connectivity index (χ0n) is 21.6. The molecule has 0 unspecified atom stereocenters. The van der Waals surface area contributed by atoms with Gasteiger partial charge in [0, 0.05) is 43.3 Å². The van der Waals surface area contributed by atoms with Crippen molar-refractivity contribution in [2.24, 2.45) is 0 Å². The minimum absolute atomic E-state index is 0.0429. The van der Waals surface area contributed by atoms with Crippen molar-refractivity contribution in [2.75, 3.05) is 31.1 Å². The van der Waals surface area contributed by atoms with Crippen LogP contribution in [0.4, 0.5) is 10.1 Å². The van der Waals surface area contributed by atoms with E-state index < -0.39 is 0 Å². The van der Waals surface area contributed by atoms with Crippen molar-refractivity contribution < 1.29 is 14.3 Å². The Labute approximate surface area is 216 Å². The molecule has 1 saturated heterocycles. The van der Waals surface area contributed by atoms with E-state index in [9.17, 15) is 14.3 Å². The summed E-state index contributed by atoms with van der Waals surface area (Å²) in [5, 5.41) is 20.9. The van der Waals surface area contributed by atoms with Crippen LogP contribution in [0, 0.1) is 5.82 Å². The molecular formula is C27H34FN7O2. The number of halogens is 1. The Bertz CT molecular complexity index is 1260. The molecule has 3 aromatic rings. The Hall–Kier alpha value is -3.21. The van der Waals surface area contributed by atoms with Crippen LogP contribution in [0.5, 0.6) is 0 Å². The Balaban J connectivity index is 1.34. The normalized spacial score (nSPS) is 21.3. The van der Waals surface area contributed by atoms with Crippen molar-refractivity contribution in [1.82, 2.24) is 30.2 Å². The van der Waals surface area contributed by atoms with Crippen LogP contribution in [0.1, 0.15) is 43.3 Å². The molecule has 2 N–H and O–H groups in total. The van der Waals surface area contributed by atoms with E-state index in [4.69, 9.17) is 4.98 Å². The van der Waals surface area contributed by atoms with E-state index in [1.54, 1.807) is 23.0 Å². The number of carbonyl (C=O) groups excluding carboxylic acids is 1. The zero-order valence-corrected chi connectivity index (χ0v) is 21.6. The highest BCUT2D eigenvalue weighted by Crippen LogP contribution is 2.39. The second-order valence-electron chi connectivity index (χ2n) is 10.9. The topological polar surface area (TPSA) is 99.4 Å². The number of aromatic nitrogens is 4. The summed E-state index contributed by atoms with van der Waals surface area (Å²) in [7, 11) is 0. The number of fused-ring (bicyclic) bond motifs is 1. The van der Waals surface area contributed by atoms with Crippen molar-refractivity contribution in [1.29, 1.82) is 0 Å². The summed E-state index contributed by atoms with van der Waals surface area (Å²) in [6.07, 6.45) is 4.23. The van der Waals surface area contributed by atoms with Gasteiger partial charge in [0.05, 0.1) is 37.3 Å². The van der Waals surface area contributed by atoms with E-state index >= 15 is 0 Å². The smallest absolute Gasteiger partial charge is 0.241 e. The lowest BCUT2D eigenvalue weighted by Gasteiger charge is -2.39. The van der Waals surface area contributed by atoms with Gasteiger partial charge in [0.1, 0.15) is 11.5 Å². The number of nitrogens with zero attached hydrogens (tertiary/aromatic N) is 6. The first-order valence-corrected chi connectivity index (χ1v) is 12.7. The lowest BCUT2D eigenvalue weighted by Crippen LogP contribution is -2.59. The molecular weight excluding hydrogens is 473 g/mol. The average molecular weight is 508 g/mol. The quantitative estimate of drug-likeness (QED) is 0.504. The molecule has 2 aromatic heterocycles. The number of pyridine rings is 1. The molecule has 0 aliphatic carbocycles. The fraction of sp³-hybridized carbons (Fsp3) is 0.481. The summed E-state index contributed by atoms with van der Waals surface area (Å²) in [5.41, 5.74) is 4.04. The van der Waals surface area contributed by atoms with Crippen LogP contribution in [-0.2, 0) is 29.8 Å². The highest BCUT2D eigenvalue weighted by atomic mass is 19.1. The molecule has 1 fully saturated rings. The molecule has 1 amide bonds. The van der Waals surface area contributed by atoms with Gasteiger partial charge >= 0.3 is 0 Å². The highest BCUT2D eigenvalue weighted by Gasteiger charge is 2.40. The van der Waals surface area contributed by atoms with Crippen LogP contribution in [0.15, 0.2) is 42.7 Å². The van der Waals surface area contributed by atoms with E-state index in [1.807, 2.05) is 11.1 Å². The third-order valence-corrected chi connectivity index (χ3v) is 7.24. The summed E-state index contributed by atoms with van der Waals surface area (Å²) >= 11 is 0. The van der Waals surface area contributed by atoms with Gasteiger partial charge in [-0.2, -0.15) is 0 Å². The van der Waals surface area contributed by atoms with Gasteiger partial charge in [0.15, 0.2) is 0 Å². The summed E-state index contributed by atoms with van der Waals surface area (Å²) in [5.74, 6) is -0.214. The van der Waals surface area contributed by atoms with Crippen LogP contribution in [0.25, 0.3) is 0 Å². The van der Waals surface area contributed by atoms with E-state index in [-0.39, 0.29) is 42.4 Å². The van der Waals surface area contributed by atoms with Gasteiger partial charge < -0.3 is 15.3 Å². The molecule has 196 valence electrons. The molecule has 2 aliphatic rings. The molecule has 2 atom stereocenters. The number of rotatable bonds is 7. The number of amides is 1. The molecule has 0 spiro atoms. The van der Waals surface area contributed by atoms with Gasteiger partial charge in [-0.25, -0.2) is 4.39 Å². The summed E-state index contributed by atoms with van der Waals surface area (Å²) in [6, 6.07) is 8.86. The monoisotopic (exact) mass is 507 g/mol. The summed E-state index contributed by atoms with van der Waals surface area (Å²) in [6.45, 7) is 9.11. The minimum atomic E-state index is -0.257. The number of nitrogens with one attached hydrogen (secondary N) is 1. The van der Waals surface area contributed by atoms with Gasteiger partial charge in [-0.05, 0) is 42.7 Å². The maximum absolute atomic E-state index is 13.8. The van der Waals surface area contributed by atoms with Crippen LogP contribution < -0.4 is 10.2 Å². The molecule has 4 heterocycles. The summed E-state index contributed by atoms with van der Waals surface area (Å²) in [4.78, 5) is 22.6. The molecule has 37 heavy (non-hydrogen) atoms. The molecule has 5 rings (SSSR count). The Morgan fingerprint density at radius 2 is 2.03 bits per heavy atom. The number of hydrogen-bond donors (Lipinski definition) is 2. The predicted molar refractivity (Wildman–Crippen MR) is 138 cm³/mol. The van der Waals surface area contributed by atoms with Crippen LogP contribution in [0.3, 0.4) is 0 Å². The van der Waals surface area contributed by atoms with E-state index in [0.29, 0.717) is 25.2 Å². The standard InChI is InChI=1S/C27H34FN7O2/c1-18-12-33(23(11-29-18)14-34-13-22(16-36)31-32-34)15-25(37)35-17-27(2,3)26-24(35)9-20(10-30-26)8-19-4-6-21(28)7-5-19/h4-7,9-10,13,18,23,29,36H,8,11-12,14-17H2,1-3H3/t18-,23-/m1/s1. The first-order valence-electron chi connectivity index (χ1n) is 12.7. The second-order valence-corrected chi connectivity index (χ2v) is 10.9. The van der Waals surface area contributed by atoms with Crippen molar-refractivity contribution in [2.45, 2.75) is 57.8 Å². The van der Waals surface area contributed by atoms with E-state index in [2.05, 4.69) is 47.4 Å². The Morgan fingerprint density at radius 1 is 1.24 bits per heavy atom. The van der Waals surface area contributed by atoms with Gasteiger partial charge in [-0.3, -0.25) is 19.4 Å². The summed E-state index contributed by atoms with van der Waals surface area (Å²) < 4.78 is 15.1. The van der Waals surface area contributed by atoms with Crippen LogP contribution in [0.2, 0.25) is 0 Å². The van der Waals surface area contributed by atoms with Crippen molar-refractivity contribution >= 4 is 11.6 Å². The number of carbonyl (C=O) groups is 1. The number of piperazine rings is 1. The van der Waals surface area contributed by atoms with Gasteiger partial charge in [-0.15, -0.1) is 5.10 Å². The number of benzene rings is 1. The number of aliphatic hydroxyl groups excluding tert-OH is 1. The lowest BCUT2D eigenvalue weighted by atomic mass is 9.91. The van der Waals surface area contributed by atoms with E-state index in [1.165, 1.54) is 12.1 Å². The fourth-order valence-electron chi connectivity index (χ4n) is 5.32.